The number of pyridine rings is 1. The molecule has 0 saturated heterocycles. The Balaban J connectivity index is 2.45. The van der Waals surface area contributed by atoms with Crippen LogP contribution in [0.2, 0.25) is 5.02 Å². The molecule has 3 rings (SSSR count). The number of hydrogen-bond donors (Lipinski definition) is 2. The van der Waals surface area contributed by atoms with E-state index >= 15 is 0 Å². The van der Waals surface area contributed by atoms with Gasteiger partial charge in [-0.3, -0.25) is 15.2 Å². The average molecular weight is 276 g/mol. The summed E-state index contributed by atoms with van der Waals surface area (Å²) >= 11 is 6.10. The van der Waals surface area contributed by atoms with Crippen molar-refractivity contribution in [3.63, 3.8) is 0 Å². The summed E-state index contributed by atoms with van der Waals surface area (Å²) in [5.74, 6) is 5.04. The molecule has 1 aromatic heterocycles. The van der Waals surface area contributed by atoms with Crippen molar-refractivity contribution in [2.24, 2.45) is 5.84 Å². The smallest absolute Gasteiger partial charge is 0.266 e. The van der Waals surface area contributed by atoms with Gasteiger partial charge in [0.25, 0.3) is 5.91 Å². The fourth-order valence-electron chi connectivity index (χ4n) is 2.82. The monoisotopic (exact) mass is 275 g/mol. The summed E-state index contributed by atoms with van der Waals surface area (Å²) in [7, 11) is 0. The van der Waals surface area contributed by atoms with E-state index in [2.05, 4.69) is 5.43 Å². The van der Waals surface area contributed by atoms with Crippen LogP contribution in [0.1, 0.15) is 33.6 Å². The van der Waals surface area contributed by atoms with Crippen molar-refractivity contribution in [2.75, 3.05) is 0 Å². The summed E-state index contributed by atoms with van der Waals surface area (Å²) in [6, 6.07) is 3.66. The molecule has 3 N–H and O–H groups in total. The van der Waals surface area contributed by atoms with Crippen LogP contribution in [0, 0.1) is 6.92 Å². The highest BCUT2D eigenvalue weighted by molar-refractivity contribution is 6.31. The number of rotatable bonds is 1. The zero-order valence-electron chi connectivity index (χ0n) is 10.6. The SMILES string of the molecule is Cc1cc(Cl)cc2c(C(=O)NN)c3c(nc12)CCC3. The average Bonchev–Trinajstić information content (AvgIpc) is 2.83. The van der Waals surface area contributed by atoms with Crippen LogP contribution >= 0.6 is 11.6 Å². The summed E-state index contributed by atoms with van der Waals surface area (Å²) in [6.07, 6.45) is 2.81. The van der Waals surface area contributed by atoms with E-state index in [1.54, 1.807) is 6.07 Å². The van der Waals surface area contributed by atoms with Crippen molar-refractivity contribution in [1.29, 1.82) is 0 Å². The van der Waals surface area contributed by atoms with Crippen LogP contribution in [-0.4, -0.2) is 10.9 Å². The molecule has 0 unspecified atom stereocenters. The van der Waals surface area contributed by atoms with Crippen molar-refractivity contribution in [3.05, 3.63) is 39.5 Å². The maximum atomic E-state index is 12.1. The lowest BCUT2D eigenvalue weighted by Crippen LogP contribution is -2.31. The number of benzene rings is 1. The molecular weight excluding hydrogens is 262 g/mol. The number of nitrogens with zero attached hydrogens (tertiary/aromatic N) is 1. The lowest BCUT2D eigenvalue weighted by Gasteiger charge is -2.13. The number of nitrogens with one attached hydrogen (secondary N) is 1. The third-order valence-electron chi connectivity index (χ3n) is 3.63. The largest absolute Gasteiger partial charge is 0.290 e. The standard InChI is InChI=1S/C14H14ClN3O/c1-7-5-8(15)6-10-12(14(19)18-16)9-3-2-4-11(9)17-13(7)10/h5-6H,2-4,16H2,1H3,(H,18,19). The van der Waals surface area contributed by atoms with Crippen LogP contribution in [0.15, 0.2) is 12.1 Å². The number of nitrogens with two attached hydrogens (primary N) is 1. The van der Waals surface area contributed by atoms with Gasteiger partial charge in [-0.1, -0.05) is 11.6 Å². The van der Waals surface area contributed by atoms with Crippen LogP contribution < -0.4 is 11.3 Å². The second-order valence-electron chi connectivity index (χ2n) is 4.86. The Hall–Kier alpha value is -1.65. The highest BCUT2D eigenvalue weighted by atomic mass is 35.5. The van der Waals surface area contributed by atoms with Crippen LogP contribution in [0.4, 0.5) is 0 Å². The van der Waals surface area contributed by atoms with Crippen LogP contribution in [0.5, 0.6) is 0 Å². The van der Waals surface area contributed by atoms with Gasteiger partial charge in [0, 0.05) is 16.1 Å². The molecule has 19 heavy (non-hydrogen) atoms. The van der Waals surface area contributed by atoms with Gasteiger partial charge in [-0.15, -0.1) is 0 Å². The molecule has 0 saturated carbocycles. The molecule has 98 valence electrons. The number of hydrazine groups is 1. The molecule has 5 heteroatoms. The number of aryl methyl sites for hydroxylation is 2. The number of fused-ring (bicyclic) bond motifs is 2. The molecule has 1 aromatic carbocycles. The van der Waals surface area contributed by atoms with E-state index in [-0.39, 0.29) is 5.91 Å². The lowest BCUT2D eigenvalue weighted by atomic mass is 9.99. The molecule has 0 spiro atoms. The lowest BCUT2D eigenvalue weighted by molar-refractivity contribution is 0.0954. The Bertz CT molecular complexity index is 697. The molecular formula is C14H14ClN3O. The Kier molecular flexibility index (Phi) is 2.92. The molecule has 2 aromatic rings. The number of hydrogen-bond acceptors (Lipinski definition) is 3. The summed E-state index contributed by atoms with van der Waals surface area (Å²) in [5.41, 5.74) is 6.70. The van der Waals surface area contributed by atoms with Gasteiger partial charge in [-0.25, -0.2) is 5.84 Å². The summed E-state index contributed by atoms with van der Waals surface area (Å²) in [6.45, 7) is 1.95. The van der Waals surface area contributed by atoms with Crippen LogP contribution in [0.3, 0.4) is 0 Å². The summed E-state index contributed by atoms with van der Waals surface area (Å²) < 4.78 is 0. The van der Waals surface area contributed by atoms with E-state index < -0.39 is 0 Å². The first-order valence-corrected chi connectivity index (χ1v) is 6.62. The van der Waals surface area contributed by atoms with E-state index in [1.807, 2.05) is 13.0 Å². The van der Waals surface area contributed by atoms with Crippen molar-refractivity contribution >= 4 is 28.4 Å². The molecule has 1 amide bonds. The summed E-state index contributed by atoms with van der Waals surface area (Å²) in [5, 5.41) is 1.39. The second kappa shape index (κ2) is 4.47. The highest BCUT2D eigenvalue weighted by Crippen LogP contribution is 2.32. The Morgan fingerprint density at radius 3 is 2.95 bits per heavy atom. The maximum Gasteiger partial charge on any atom is 0.266 e. The van der Waals surface area contributed by atoms with Crippen molar-refractivity contribution < 1.29 is 4.79 Å². The number of aromatic nitrogens is 1. The van der Waals surface area contributed by atoms with E-state index in [4.69, 9.17) is 22.4 Å². The number of halogens is 1. The van der Waals surface area contributed by atoms with E-state index in [9.17, 15) is 4.79 Å². The second-order valence-corrected chi connectivity index (χ2v) is 5.29. The number of amides is 1. The van der Waals surface area contributed by atoms with Gasteiger partial charge in [0.05, 0.1) is 11.1 Å². The minimum Gasteiger partial charge on any atom is -0.290 e. The third kappa shape index (κ3) is 1.88. The highest BCUT2D eigenvalue weighted by Gasteiger charge is 2.24. The predicted molar refractivity (Wildman–Crippen MR) is 75.2 cm³/mol. The Morgan fingerprint density at radius 2 is 2.21 bits per heavy atom. The molecule has 0 fully saturated rings. The minimum absolute atomic E-state index is 0.271. The topological polar surface area (TPSA) is 68.0 Å². The van der Waals surface area contributed by atoms with Crippen molar-refractivity contribution in [2.45, 2.75) is 26.2 Å². The molecule has 1 aliphatic rings. The van der Waals surface area contributed by atoms with Gasteiger partial charge < -0.3 is 0 Å². The molecule has 0 bridgehead atoms. The first kappa shape index (κ1) is 12.4. The first-order valence-electron chi connectivity index (χ1n) is 6.24. The Labute approximate surface area is 115 Å². The van der Waals surface area contributed by atoms with Gasteiger partial charge >= 0.3 is 0 Å². The normalized spacial score (nSPS) is 13.6. The molecule has 1 aliphatic carbocycles. The van der Waals surface area contributed by atoms with Gasteiger partial charge in [-0.2, -0.15) is 0 Å². The fraction of sp³-hybridized carbons (Fsp3) is 0.286. The molecule has 1 heterocycles. The first-order chi connectivity index (χ1) is 9.11. The van der Waals surface area contributed by atoms with E-state index in [0.29, 0.717) is 10.6 Å². The van der Waals surface area contributed by atoms with Crippen LogP contribution in [-0.2, 0) is 12.8 Å². The third-order valence-corrected chi connectivity index (χ3v) is 3.85. The fourth-order valence-corrected chi connectivity index (χ4v) is 3.10. The van der Waals surface area contributed by atoms with Gasteiger partial charge in [0.1, 0.15) is 0 Å². The van der Waals surface area contributed by atoms with Gasteiger partial charge in [0.15, 0.2) is 0 Å². The predicted octanol–water partition coefficient (Wildman–Crippen LogP) is 2.29. The molecule has 0 radical (unpaired) electrons. The zero-order valence-corrected chi connectivity index (χ0v) is 11.3. The summed E-state index contributed by atoms with van der Waals surface area (Å²) in [4.78, 5) is 16.8. The zero-order chi connectivity index (χ0) is 13.6. The number of nitrogen functional groups attached to an aromatic ring is 1. The Morgan fingerprint density at radius 1 is 1.42 bits per heavy atom. The quantitative estimate of drug-likeness (QED) is 0.477. The van der Waals surface area contributed by atoms with Crippen molar-refractivity contribution in [1.82, 2.24) is 10.4 Å². The van der Waals surface area contributed by atoms with Crippen LogP contribution in [0.25, 0.3) is 10.9 Å². The molecule has 4 nitrogen and oxygen atoms in total. The molecule has 0 aliphatic heterocycles. The minimum atomic E-state index is -0.271. The van der Waals surface area contributed by atoms with E-state index in [0.717, 1.165) is 47.0 Å². The maximum absolute atomic E-state index is 12.1. The van der Waals surface area contributed by atoms with Crippen molar-refractivity contribution in [3.8, 4) is 0 Å². The van der Waals surface area contributed by atoms with E-state index in [1.165, 1.54) is 0 Å². The molecule has 0 atom stereocenters. The van der Waals surface area contributed by atoms with Gasteiger partial charge in [0.2, 0.25) is 0 Å². The number of carbonyl (C=O) groups excluding carboxylic acids is 1. The van der Waals surface area contributed by atoms with Gasteiger partial charge in [-0.05, 0) is 49.4 Å². The number of carbonyl (C=O) groups is 1.